The second-order valence-electron chi connectivity index (χ2n) is 5.61. The Kier molecular flexibility index (Phi) is 5.30. The van der Waals surface area contributed by atoms with E-state index in [0.29, 0.717) is 17.3 Å². The Balaban J connectivity index is 1.88. The van der Waals surface area contributed by atoms with Crippen LogP contribution >= 0.6 is 11.8 Å². The first-order chi connectivity index (χ1) is 9.06. The predicted molar refractivity (Wildman–Crippen MR) is 80.3 cm³/mol. The molecule has 2 atom stereocenters. The van der Waals surface area contributed by atoms with E-state index in [1.54, 1.807) is 0 Å². The van der Waals surface area contributed by atoms with Gasteiger partial charge in [0.1, 0.15) is 0 Å². The molecule has 0 saturated carbocycles. The Bertz CT molecular complexity index is 394. The first-order valence-electron chi connectivity index (χ1n) is 7.09. The van der Waals surface area contributed by atoms with Gasteiger partial charge in [-0.3, -0.25) is 4.90 Å². The summed E-state index contributed by atoms with van der Waals surface area (Å²) in [5.74, 6) is 2.19. The SMILES string of the molecule is CC(C)NCc1cc(CN2CCSC(C)C2C)on1. The molecule has 2 unspecified atom stereocenters. The summed E-state index contributed by atoms with van der Waals surface area (Å²) >= 11 is 2.06. The Morgan fingerprint density at radius 3 is 3.05 bits per heavy atom. The summed E-state index contributed by atoms with van der Waals surface area (Å²) in [6.45, 7) is 11.7. The fraction of sp³-hybridized carbons (Fsp3) is 0.786. The van der Waals surface area contributed by atoms with Gasteiger partial charge in [0.2, 0.25) is 0 Å². The molecular weight excluding hydrogens is 258 g/mol. The van der Waals surface area contributed by atoms with Gasteiger partial charge in [-0.25, -0.2) is 0 Å². The highest BCUT2D eigenvalue weighted by Crippen LogP contribution is 2.25. The number of hydrogen-bond acceptors (Lipinski definition) is 5. The molecule has 0 aromatic carbocycles. The second-order valence-corrected chi connectivity index (χ2v) is 7.09. The quantitative estimate of drug-likeness (QED) is 0.899. The van der Waals surface area contributed by atoms with E-state index in [1.807, 2.05) is 0 Å². The topological polar surface area (TPSA) is 41.3 Å². The molecule has 0 aliphatic carbocycles. The molecule has 0 spiro atoms. The molecule has 0 bridgehead atoms. The maximum atomic E-state index is 5.44. The number of rotatable bonds is 5. The van der Waals surface area contributed by atoms with Crippen molar-refractivity contribution < 1.29 is 4.52 Å². The first-order valence-corrected chi connectivity index (χ1v) is 8.14. The summed E-state index contributed by atoms with van der Waals surface area (Å²) in [5.41, 5.74) is 0.996. The van der Waals surface area contributed by atoms with Crippen LogP contribution in [0.1, 0.15) is 39.1 Å². The molecule has 2 heterocycles. The minimum atomic E-state index is 0.472. The molecule has 5 heteroatoms. The number of aromatic nitrogens is 1. The molecule has 0 amide bonds. The van der Waals surface area contributed by atoms with Crippen LogP contribution in [0.25, 0.3) is 0 Å². The lowest BCUT2D eigenvalue weighted by atomic mass is 10.2. The number of nitrogens with zero attached hydrogens (tertiary/aromatic N) is 2. The van der Waals surface area contributed by atoms with Gasteiger partial charge in [-0.2, -0.15) is 11.8 Å². The highest BCUT2D eigenvalue weighted by atomic mass is 32.2. The van der Waals surface area contributed by atoms with Crippen LogP contribution in [0.2, 0.25) is 0 Å². The summed E-state index contributed by atoms with van der Waals surface area (Å²) in [7, 11) is 0. The maximum absolute atomic E-state index is 5.44. The Hall–Kier alpha value is -0.520. The van der Waals surface area contributed by atoms with Gasteiger partial charge in [-0.1, -0.05) is 25.9 Å². The Morgan fingerprint density at radius 1 is 1.53 bits per heavy atom. The number of nitrogens with one attached hydrogen (secondary N) is 1. The Morgan fingerprint density at radius 2 is 2.32 bits per heavy atom. The third-order valence-electron chi connectivity index (χ3n) is 3.67. The largest absolute Gasteiger partial charge is 0.360 e. The summed E-state index contributed by atoms with van der Waals surface area (Å²) in [6, 6.07) is 3.15. The minimum absolute atomic E-state index is 0.472. The van der Waals surface area contributed by atoms with Gasteiger partial charge >= 0.3 is 0 Å². The van der Waals surface area contributed by atoms with Crippen molar-refractivity contribution in [3.05, 3.63) is 17.5 Å². The van der Waals surface area contributed by atoms with Gasteiger partial charge in [0.05, 0.1) is 12.2 Å². The molecule has 1 aliphatic rings. The molecule has 0 radical (unpaired) electrons. The van der Waals surface area contributed by atoms with E-state index in [0.717, 1.165) is 31.1 Å². The van der Waals surface area contributed by atoms with Crippen LogP contribution in [0.15, 0.2) is 10.6 Å². The smallest absolute Gasteiger partial charge is 0.151 e. The van der Waals surface area contributed by atoms with Crippen molar-refractivity contribution >= 4 is 11.8 Å². The lowest BCUT2D eigenvalue weighted by Gasteiger charge is -2.36. The zero-order chi connectivity index (χ0) is 13.8. The zero-order valence-electron chi connectivity index (χ0n) is 12.3. The maximum Gasteiger partial charge on any atom is 0.151 e. The van der Waals surface area contributed by atoms with E-state index in [-0.39, 0.29) is 0 Å². The van der Waals surface area contributed by atoms with Crippen LogP contribution in [0.5, 0.6) is 0 Å². The molecular formula is C14H25N3OS. The van der Waals surface area contributed by atoms with E-state index in [1.165, 1.54) is 5.75 Å². The van der Waals surface area contributed by atoms with Gasteiger partial charge in [0.25, 0.3) is 0 Å². The van der Waals surface area contributed by atoms with Crippen LogP contribution < -0.4 is 5.32 Å². The molecule has 1 aromatic rings. The second kappa shape index (κ2) is 6.77. The van der Waals surface area contributed by atoms with Crippen molar-refractivity contribution in [3.8, 4) is 0 Å². The van der Waals surface area contributed by atoms with Crippen molar-refractivity contribution in [2.45, 2.75) is 58.1 Å². The van der Waals surface area contributed by atoms with Crippen molar-refractivity contribution in [1.82, 2.24) is 15.4 Å². The van der Waals surface area contributed by atoms with Crippen molar-refractivity contribution in [2.75, 3.05) is 12.3 Å². The summed E-state index contributed by atoms with van der Waals surface area (Å²) in [6.07, 6.45) is 0. The third-order valence-corrected chi connectivity index (χ3v) is 5.01. The summed E-state index contributed by atoms with van der Waals surface area (Å²) in [4.78, 5) is 2.49. The van der Waals surface area contributed by atoms with Gasteiger partial charge < -0.3 is 9.84 Å². The standard InChI is InChI=1S/C14H25N3OS/c1-10(2)15-8-13-7-14(18-16-13)9-17-5-6-19-12(4)11(17)3/h7,10-12,15H,5-6,8-9H2,1-4H3. The van der Waals surface area contributed by atoms with E-state index in [9.17, 15) is 0 Å². The van der Waals surface area contributed by atoms with E-state index < -0.39 is 0 Å². The number of thioether (sulfide) groups is 1. The van der Waals surface area contributed by atoms with Crippen LogP contribution in [0.3, 0.4) is 0 Å². The molecule has 1 saturated heterocycles. The van der Waals surface area contributed by atoms with Crippen molar-refractivity contribution in [1.29, 1.82) is 0 Å². The summed E-state index contributed by atoms with van der Waals surface area (Å²) < 4.78 is 5.44. The summed E-state index contributed by atoms with van der Waals surface area (Å²) in [5, 5.41) is 8.18. The van der Waals surface area contributed by atoms with Crippen molar-refractivity contribution in [2.24, 2.45) is 0 Å². The van der Waals surface area contributed by atoms with Gasteiger partial charge in [-0.05, 0) is 6.92 Å². The molecule has 1 N–H and O–H groups in total. The van der Waals surface area contributed by atoms with Gasteiger partial charge in [0, 0.05) is 42.2 Å². The third kappa shape index (κ3) is 4.23. The van der Waals surface area contributed by atoms with Crippen LogP contribution in [0, 0.1) is 0 Å². The molecule has 1 aromatic heterocycles. The molecule has 19 heavy (non-hydrogen) atoms. The van der Waals surface area contributed by atoms with E-state index in [4.69, 9.17) is 4.52 Å². The lowest BCUT2D eigenvalue weighted by molar-refractivity contribution is 0.181. The predicted octanol–water partition coefficient (Wildman–Crippen LogP) is 2.50. The zero-order valence-corrected chi connectivity index (χ0v) is 13.2. The van der Waals surface area contributed by atoms with Gasteiger partial charge in [-0.15, -0.1) is 0 Å². The first kappa shape index (κ1) is 14.9. The van der Waals surface area contributed by atoms with Crippen molar-refractivity contribution in [3.63, 3.8) is 0 Å². The minimum Gasteiger partial charge on any atom is -0.360 e. The van der Waals surface area contributed by atoms with Gasteiger partial charge in [0.15, 0.2) is 5.76 Å². The molecule has 1 aliphatic heterocycles. The van der Waals surface area contributed by atoms with E-state index >= 15 is 0 Å². The fourth-order valence-corrected chi connectivity index (χ4v) is 3.40. The highest BCUT2D eigenvalue weighted by molar-refractivity contribution is 8.00. The molecule has 2 rings (SSSR count). The Labute approximate surface area is 120 Å². The van der Waals surface area contributed by atoms with E-state index in [2.05, 4.69) is 60.9 Å². The number of hydrogen-bond donors (Lipinski definition) is 1. The lowest BCUT2D eigenvalue weighted by Crippen LogP contribution is -2.43. The van der Waals surface area contributed by atoms with Crippen LogP contribution in [-0.4, -0.2) is 39.7 Å². The normalized spacial score (nSPS) is 25.1. The average molecular weight is 283 g/mol. The molecule has 1 fully saturated rings. The van der Waals surface area contributed by atoms with Crippen LogP contribution in [-0.2, 0) is 13.1 Å². The van der Waals surface area contributed by atoms with Crippen LogP contribution in [0.4, 0.5) is 0 Å². The molecule has 4 nitrogen and oxygen atoms in total. The highest BCUT2D eigenvalue weighted by Gasteiger charge is 2.26. The monoisotopic (exact) mass is 283 g/mol. The molecule has 108 valence electrons. The fourth-order valence-electron chi connectivity index (χ4n) is 2.24. The average Bonchev–Trinajstić information content (AvgIpc) is 2.80.